The molecule has 5 heteroatoms. The van der Waals surface area contributed by atoms with Crippen molar-refractivity contribution in [2.45, 2.75) is 38.5 Å². The van der Waals surface area contributed by atoms with Gasteiger partial charge in [0.25, 0.3) is 0 Å². The highest BCUT2D eigenvalue weighted by atomic mass is 16.5. The van der Waals surface area contributed by atoms with E-state index >= 15 is 0 Å². The highest BCUT2D eigenvalue weighted by molar-refractivity contribution is 5.81. The van der Waals surface area contributed by atoms with Gasteiger partial charge in [-0.15, -0.1) is 0 Å². The van der Waals surface area contributed by atoms with E-state index in [-0.39, 0.29) is 18.1 Å². The molecular formula is C11H17N3O2. The summed E-state index contributed by atoms with van der Waals surface area (Å²) in [4.78, 5) is 15.7. The number of aromatic nitrogens is 2. The maximum Gasteiger partial charge on any atom is 0.249 e. The normalized spacial score (nSPS) is 21.9. The number of nitrogens with zero attached hydrogens (tertiary/aromatic N) is 2. The van der Waals surface area contributed by atoms with Gasteiger partial charge in [0.1, 0.15) is 6.10 Å². The molecule has 5 nitrogen and oxygen atoms in total. The first-order valence-corrected chi connectivity index (χ1v) is 5.63. The van der Waals surface area contributed by atoms with Crippen molar-refractivity contribution < 1.29 is 9.53 Å². The minimum Gasteiger partial charge on any atom is -0.368 e. The number of imidazole rings is 1. The van der Waals surface area contributed by atoms with Crippen LogP contribution in [0.15, 0.2) is 18.7 Å². The van der Waals surface area contributed by atoms with Gasteiger partial charge >= 0.3 is 0 Å². The van der Waals surface area contributed by atoms with E-state index < -0.39 is 0 Å². The zero-order valence-corrected chi connectivity index (χ0v) is 9.43. The van der Waals surface area contributed by atoms with Crippen LogP contribution in [-0.4, -0.2) is 34.2 Å². The quantitative estimate of drug-likeness (QED) is 0.811. The van der Waals surface area contributed by atoms with Crippen molar-refractivity contribution >= 4 is 5.91 Å². The summed E-state index contributed by atoms with van der Waals surface area (Å²) in [6.45, 7) is 3.42. The lowest BCUT2D eigenvalue weighted by molar-refractivity contribution is -0.130. The molecule has 1 aromatic heterocycles. The summed E-state index contributed by atoms with van der Waals surface area (Å²) in [5, 5.41) is 2.95. The van der Waals surface area contributed by atoms with Crippen LogP contribution in [0.25, 0.3) is 0 Å². The molecule has 16 heavy (non-hydrogen) atoms. The highest BCUT2D eigenvalue weighted by Gasteiger charge is 2.24. The third-order valence-corrected chi connectivity index (χ3v) is 2.65. The van der Waals surface area contributed by atoms with Gasteiger partial charge in [0.05, 0.1) is 6.33 Å². The van der Waals surface area contributed by atoms with Crippen LogP contribution in [0, 0.1) is 0 Å². The molecule has 0 aliphatic carbocycles. The van der Waals surface area contributed by atoms with E-state index in [4.69, 9.17) is 4.74 Å². The Kier molecular flexibility index (Phi) is 3.56. The van der Waals surface area contributed by atoms with Gasteiger partial charge in [-0.1, -0.05) is 0 Å². The van der Waals surface area contributed by atoms with Crippen LogP contribution >= 0.6 is 0 Å². The third-order valence-electron chi connectivity index (χ3n) is 2.65. The molecule has 0 radical (unpaired) electrons. The Bertz CT molecular complexity index is 331. The van der Waals surface area contributed by atoms with Crippen LogP contribution in [0.2, 0.25) is 0 Å². The predicted molar refractivity (Wildman–Crippen MR) is 58.8 cm³/mol. The van der Waals surface area contributed by atoms with E-state index in [1.807, 2.05) is 17.7 Å². The van der Waals surface area contributed by atoms with Gasteiger partial charge in [0.15, 0.2) is 0 Å². The minimum absolute atomic E-state index is 0.00474. The van der Waals surface area contributed by atoms with Crippen LogP contribution in [-0.2, 0) is 16.1 Å². The van der Waals surface area contributed by atoms with Crippen LogP contribution in [0.5, 0.6) is 0 Å². The molecule has 1 amide bonds. The predicted octanol–water partition coefficient (Wildman–Crippen LogP) is 0.567. The van der Waals surface area contributed by atoms with Crippen LogP contribution in [0.3, 0.4) is 0 Å². The molecule has 2 rings (SSSR count). The van der Waals surface area contributed by atoms with Crippen molar-refractivity contribution in [2.75, 3.05) is 6.61 Å². The topological polar surface area (TPSA) is 56.2 Å². The first-order valence-electron chi connectivity index (χ1n) is 5.63. The van der Waals surface area contributed by atoms with E-state index in [1.54, 1.807) is 12.5 Å². The molecule has 2 heterocycles. The number of hydrogen-bond acceptors (Lipinski definition) is 3. The van der Waals surface area contributed by atoms with E-state index in [1.165, 1.54) is 0 Å². The van der Waals surface area contributed by atoms with Crippen molar-refractivity contribution in [1.29, 1.82) is 0 Å². The van der Waals surface area contributed by atoms with Gasteiger partial charge in [-0.25, -0.2) is 4.98 Å². The monoisotopic (exact) mass is 223 g/mol. The summed E-state index contributed by atoms with van der Waals surface area (Å²) in [5.74, 6) is 0.00474. The average Bonchev–Trinajstić information content (AvgIpc) is 2.88. The smallest absolute Gasteiger partial charge is 0.249 e. The molecule has 1 fully saturated rings. The lowest BCUT2D eigenvalue weighted by Crippen LogP contribution is -2.41. The van der Waals surface area contributed by atoms with Gasteiger partial charge in [0, 0.05) is 31.6 Å². The summed E-state index contributed by atoms with van der Waals surface area (Å²) in [5.41, 5.74) is 0. The SMILES string of the molecule is CC(Cn1ccnc1)NC(=O)C1CCCO1. The Morgan fingerprint density at radius 1 is 1.75 bits per heavy atom. The standard InChI is InChI=1S/C11H17N3O2/c1-9(7-14-5-4-12-8-14)13-11(15)10-3-2-6-16-10/h4-5,8-10H,2-3,6-7H2,1H3,(H,13,15). The number of carbonyl (C=O) groups is 1. The van der Waals surface area contributed by atoms with Crippen LogP contribution < -0.4 is 5.32 Å². The summed E-state index contributed by atoms with van der Waals surface area (Å²) < 4.78 is 7.26. The number of ether oxygens (including phenoxy) is 1. The number of amides is 1. The van der Waals surface area contributed by atoms with Gasteiger partial charge in [-0.2, -0.15) is 0 Å². The van der Waals surface area contributed by atoms with E-state index in [0.717, 1.165) is 19.4 Å². The number of rotatable bonds is 4. The molecule has 1 N–H and O–H groups in total. The molecule has 1 saturated heterocycles. The first kappa shape index (κ1) is 11.1. The van der Waals surface area contributed by atoms with Crippen molar-refractivity contribution in [1.82, 2.24) is 14.9 Å². The maximum absolute atomic E-state index is 11.7. The van der Waals surface area contributed by atoms with Gasteiger partial charge in [-0.05, 0) is 19.8 Å². The Balaban J connectivity index is 1.78. The molecule has 1 aromatic rings. The van der Waals surface area contributed by atoms with Crippen LogP contribution in [0.4, 0.5) is 0 Å². The van der Waals surface area contributed by atoms with Crippen molar-refractivity contribution in [3.05, 3.63) is 18.7 Å². The van der Waals surface area contributed by atoms with Gasteiger partial charge in [-0.3, -0.25) is 4.79 Å². The molecule has 1 aliphatic heterocycles. The molecule has 2 atom stereocenters. The second kappa shape index (κ2) is 5.12. The molecule has 0 saturated carbocycles. The number of nitrogens with one attached hydrogen (secondary N) is 1. The lowest BCUT2D eigenvalue weighted by atomic mass is 10.2. The zero-order chi connectivity index (χ0) is 11.4. The molecule has 2 unspecified atom stereocenters. The molecule has 0 spiro atoms. The largest absolute Gasteiger partial charge is 0.368 e. The third kappa shape index (κ3) is 2.82. The van der Waals surface area contributed by atoms with E-state index in [0.29, 0.717) is 6.61 Å². The number of hydrogen-bond donors (Lipinski definition) is 1. The fourth-order valence-corrected chi connectivity index (χ4v) is 1.88. The maximum atomic E-state index is 11.7. The summed E-state index contributed by atoms with van der Waals surface area (Å²) in [7, 11) is 0. The molecule has 0 aromatic carbocycles. The van der Waals surface area contributed by atoms with E-state index in [9.17, 15) is 4.79 Å². The Morgan fingerprint density at radius 3 is 3.25 bits per heavy atom. The first-order chi connectivity index (χ1) is 7.75. The Morgan fingerprint density at radius 2 is 2.62 bits per heavy atom. The molecular weight excluding hydrogens is 206 g/mol. The van der Waals surface area contributed by atoms with Crippen LogP contribution in [0.1, 0.15) is 19.8 Å². The number of carbonyl (C=O) groups excluding carboxylic acids is 1. The Hall–Kier alpha value is -1.36. The fourth-order valence-electron chi connectivity index (χ4n) is 1.88. The lowest BCUT2D eigenvalue weighted by Gasteiger charge is -2.17. The Labute approximate surface area is 94.8 Å². The zero-order valence-electron chi connectivity index (χ0n) is 9.43. The minimum atomic E-state index is -0.245. The van der Waals surface area contributed by atoms with Crippen molar-refractivity contribution in [2.24, 2.45) is 0 Å². The van der Waals surface area contributed by atoms with Gasteiger partial charge in [0.2, 0.25) is 5.91 Å². The molecule has 0 bridgehead atoms. The van der Waals surface area contributed by atoms with Crippen molar-refractivity contribution in [3.63, 3.8) is 0 Å². The second-order valence-electron chi connectivity index (χ2n) is 4.17. The summed E-state index contributed by atoms with van der Waals surface area (Å²) in [6.07, 6.45) is 6.93. The summed E-state index contributed by atoms with van der Waals surface area (Å²) >= 11 is 0. The fraction of sp³-hybridized carbons (Fsp3) is 0.636. The second-order valence-corrected chi connectivity index (χ2v) is 4.17. The highest BCUT2D eigenvalue weighted by Crippen LogP contribution is 2.11. The van der Waals surface area contributed by atoms with Crippen molar-refractivity contribution in [3.8, 4) is 0 Å². The van der Waals surface area contributed by atoms with Gasteiger partial charge < -0.3 is 14.6 Å². The summed E-state index contributed by atoms with van der Waals surface area (Å²) in [6, 6.07) is 0.0888. The average molecular weight is 223 g/mol. The molecule has 1 aliphatic rings. The molecule has 88 valence electrons. The van der Waals surface area contributed by atoms with E-state index in [2.05, 4.69) is 10.3 Å².